The molecule has 2 nitrogen and oxygen atoms in total. The van der Waals surface area contributed by atoms with Gasteiger partial charge in [0.05, 0.1) is 25.4 Å². The van der Waals surface area contributed by atoms with Crippen LogP contribution < -0.4 is 0 Å². The van der Waals surface area contributed by atoms with Crippen molar-refractivity contribution in [3.63, 3.8) is 0 Å². The maximum Gasteiger partial charge on any atom is 0.0921 e. The van der Waals surface area contributed by atoms with Gasteiger partial charge in [0.15, 0.2) is 0 Å². The molecule has 2 rings (SSSR count). The van der Waals surface area contributed by atoms with Crippen molar-refractivity contribution in [1.82, 2.24) is 0 Å². The quantitative estimate of drug-likeness (QED) is 0.666. The summed E-state index contributed by atoms with van der Waals surface area (Å²) in [5.74, 6) is 0.900. The summed E-state index contributed by atoms with van der Waals surface area (Å²) < 4.78 is 11.1. The molecule has 2 heteroatoms. The summed E-state index contributed by atoms with van der Waals surface area (Å²) in [5, 5.41) is 0. The van der Waals surface area contributed by atoms with Crippen molar-refractivity contribution in [3.8, 4) is 0 Å². The number of ether oxygens (including phenoxy) is 2. The summed E-state index contributed by atoms with van der Waals surface area (Å²) in [6.45, 7) is 12.7. The van der Waals surface area contributed by atoms with Crippen molar-refractivity contribution < 1.29 is 9.47 Å². The van der Waals surface area contributed by atoms with Gasteiger partial charge >= 0.3 is 0 Å². The van der Waals surface area contributed by atoms with Crippen LogP contribution in [-0.4, -0.2) is 25.4 Å². The molecule has 0 aromatic heterocycles. The predicted octanol–water partition coefficient (Wildman–Crippen LogP) is 3.64. The van der Waals surface area contributed by atoms with E-state index < -0.39 is 0 Å². The first-order valence-electron chi connectivity index (χ1n) is 6.56. The maximum atomic E-state index is 5.71. The van der Waals surface area contributed by atoms with E-state index in [0.29, 0.717) is 0 Å². The topological polar surface area (TPSA) is 18.5 Å². The van der Waals surface area contributed by atoms with Crippen LogP contribution in [0.1, 0.15) is 53.9 Å². The smallest absolute Gasteiger partial charge is 0.0921 e. The van der Waals surface area contributed by atoms with Gasteiger partial charge in [0, 0.05) is 0 Å². The van der Waals surface area contributed by atoms with Crippen LogP contribution in [0, 0.1) is 5.92 Å². The predicted molar refractivity (Wildman–Crippen MR) is 65.2 cm³/mol. The minimum Gasteiger partial charge on any atom is -0.376 e. The molecule has 2 aliphatic rings. The van der Waals surface area contributed by atoms with E-state index in [9.17, 15) is 0 Å². The molecule has 0 atom stereocenters. The van der Waals surface area contributed by atoms with E-state index in [4.69, 9.17) is 9.47 Å². The number of hydrogen-bond donors (Lipinski definition) is 0. The first kappa shape index (κ1) is 14.9. The van der Waals surface area contributed by atoms with E-state index in [2.05, 4.69) is 6.92 Å². The molecule has 1 saturated carbocycles. The molecule has 1 saturated heterocycles. The maximum absolute atomic E-state index is 5.71. The highest BCUT2D eigenvalue weighted by Gasteiger charge is 2.45. The Labute approximate surface area is 95.3 Å². The SMILES string of the molecule is CC.CC.CCC1CC2(COCCO2)C1. The minimum absolute atomic E-state index is 0.152. The van der Waals surface area contributed by atoms with Gasteiger partial charge in [-0.1, -0.05) is 41.0 Å². The monoisotopic (exact) mass is 216 g/mol. The Hall–Kier alpha value is -0.0800. The molecule has 1 aliphatic carbocycles. The zero-order chi connectivity index (χ0) is 11.7. The van der Waals surface area contributed by atoms with Crippen molar-refractivity contribution in [2.45, 2.75) is 59.5 Å². The third kappa shape index (κ3) is 4.12. The van der Waals surface area contributed by atoms with Crippen LogP contribution in [0.4, 0.5) is 0 Å². The molecule has 15 heavy (non-hydrogen) atoms. The van der Waals surface area contributed by atoms with Crippen molar-refractivity contribution in [3.05, 3.63) is 0 Å². The van der Waals surface area contributed by atoms with Crippen LogP contribution in [-0.2, 0) is 9.47 Å². The van der Waals surface area contributed by atoms with Crippen molar-refractivity contribution in [1.29, 1.82) is 0 Å². The molecule has 2 fully saturated rings. The molecule has 0 radical (unpaired) electrons. The zero-order valence-electron chi connectivity index (χ0n) is 11.1. The lowest BCUT2D eigenvalue weighted by Crippen LogP contribution is -2.52. The summed E-state index contributed by atoms with van der Waals surface area (Å²) in [5.41, 5.74) is 0.152. The summed E-state index contributed by atoms with van der Waals surface area (Å²) in [6, 6.07) is 0. The van der Waals surface area contributed by atoms with E-state index in [1.165, 1.54) is 19.3 Å². The van der Waals surface area contributed by atoms with E-state index in [0.717, 1.165) is 25.7 Å². The molecular formula is C13H28O2. The van der Waals surface area contributed by atoms with Crippen molar-refractivity contribution in [2.24, 2.45) is 5.92 Å². The third-order valence-corrected chi connectivity index (χ3v) is 2.90. The van der Waals surface area contributed by atoms with Crippen LogP contribution in [0.5, 0.6) is 0 Å². The first-order chi connectivity index (χ1) is 7.35. The van der Waals surface area contributed by atoms with Gasteiger partial charge in [-0.05, 0) is 18.8 Å². The van der Waals surface area contributed by atoms with Gasteiger partial charge in [-0.25, -0.2) is 0 Å². The van der Waals surface area contributed by atoms with Gasteiger partial charge in [-0.15, -0.1) is 0 Å². The molecule has 92 valence electrons. The van der Waals surface area contributed by atoms with E-state index >= 15 is 0 Å². The van der Waals surface area contributed by atoms with E-state index in [-0.39, 0.29) is 5.60 Å². The van der Waals surface area contributed by atoms with Gasteiger partial charge in [-0.2, -0.15) is 0 Å². The van der Waals surface area contributed by atoms with Gasteiger partial charge in [-0.3, -0.25) is 0 Å². The Balaban J connectivity index is 0.000000442. The Morgan fingerprint density at radius 1 is 1.07 bits per heavy atom. The molecule has 0 aromatic rings. The highest BCUT2D eigenvalue weighted by atomic mass is 16.6. The number of rotatable bonds is 1. The molecule has 0 amide bonds. The van der Waals surface area contributed by atoms with Crippen LogP contribution in [0.3, 0.4) is 0 Å². The van der Waals surface area contributed by atoms with Crippen molar-refractivity contribution in [2.75, 3.05) is 19.8 Å². The average Bonchev–Trinajstić information content (AvgIpc) is 2.32. The standard InChI is InChI=1S/C9H16O2.2C2H6/c1-2-8-5-9(6-8)7-10-3-4-11-9;2*1-2/h8H,2-7H2,1H3;2*1-2H3. The highest BCUT2D eigenvalue weighted by molar-refractivity contribution is 4.96. The Morgan fingerprint density at radius 2 is 1.67 bits per heavy atom. The molecular weight excluding hydrogens is 188 g/mol. The lowest BCUT2D eigenvalue weighted by Gasteiger charge is -2.49. The van der Waals surface area contributed by atoms with E-state index in [1.54, 1.807) is 0 Å². The Morgan fingerprint density at radius 3 is 2.07 bits per heavy atom. The van der Waals surface area contributed by atoms with Crippen LogP contribution in [0.2, 0.25) is 0 Å². The molecule has 0 unspecified atom stereocenters. The fourth-order valence-electron chi connectivity index (χ4n) is 2.13. The van der Waals surface area contributed by atoms with Gasteiger partial charge in [0.1, 0.15) is 0 Å². The second-order valence-corrected chi connectivity index (χ2v) is 3.77. The highest BCUT2D eigenvalue weighted by Crippen LogP contribution is 2.43. The van der Waals surface area contributed by atoms with Crippen molar-refractivity contribution >= 4 is 0 Å². The molecule has 0 N–H and O–H groups in total. The van der Waals surface area contributed by atoms with Crippen LogP contribution in [0.15, 0.2) is 0 Å². The zero-order valence-corrected chi connectivity index (χ0v) is 11.1. The Kier molecular flexibility index (Phi) is 8.07. The molecule has 1 heterocycles. The Bertz CT molecular complexity index is 131. The molecule has 1 spiro atoms. The lowest BCUT2D eigenvalue weighted by molar-refractivity contribution is -0.210. The van der Waals surface area contributed by atoms with E-state index in [1.807, 2.05) is 27.7 Å². The third-order valence-electron chi connectivity index (χ3n) is 2.90. The van der Waals surface area contributed by atoms with Gasteiger partial charge in [0.2, 0.25) is 0 Å². The minimum atomic E-state index is 0.152. The van der Waals surface area contributed by atoms with Gasteiger partial charge < -0.3 is 9.47 Å². The molecule has 0 bridgehead atoms. The normalized spacial score (nSPS) is 33.0. The summed E-state index contributed by atoms with van der Waals surface area (Å²) in [6.07, 6.45) is 3.75. The largest absolute Gasteiger partial charge is 0.376 e. The summed E-state index contributed by atoms with van der Waals surface area (Å²) in [4.78, 5) is 0. The average molecular weight is 216 g/mol. The molecule has 1 aliphatic heterocycles. The van der Waals surface area contributed by atoms with Crippen LogP contribution in [0.25, 0.3) is 0 Å². The van der Waals surface area contributed by atoms with Gasteiger partial charge in [0.25, 0.3) is 0 Å². The first-order valence-corrected chi connectivity index (χ1v) is 6.56. The number of hydrogen-bond acceptors (Lipinski definition) is 2. The fourth-order valence-corrected chi connectivity index (χ4v) is 2.13. The lowest BCUT2D eigenvalue weighted by atomic mass is 9.70. The summed E-state index contributed by atoms with van der Waals surface area (Å²) >= 11 is 0. The second kappa shape index (κ2) is 8.12. The second-order valence-electron chi connectivity index (χ2n) is 3.77. The van der Waals surface area contributed by atoms with Crippen LogP contribution >= 0.6 is 0 Å². The summed E-state index contributed by atoms with van der Waals surface area (Å²) in [7, 11) is 0. The molecule has 0 aromatic carbocycles. The fraction of sp³-hybridized carbons (Fsp3) is 1.00.